The van der Waals surface area contributed by atoms with Gasteiger partial charge in [-0.2, -0.15) is 5.10 Å². The predicted molar refractivity (Wildman–Crippen MR) is 67.7 cm³/mol. The third kappa shape index (κ3) is 4.37. The molecule has 0 amide bonds. The van der Waals surface area contributed by atoms with Gasteiger partial charge < -0.3 is 10.0 Å². The summed E-state index contributed by atoms with van der Waals surface area (Å²) in [4.78, 5) is 2.02. The summed E-state index contributed by atoms with van der Waals surface area (Å²) in [5.74, 6) is 0. The van der Waals surface area contributed by atoms with E-state index in [1.165, 1.54) is 17.1 Å². The molecule has 0 aromatic carbocycles. The smallest absolute Gasteiger partial charge is 0.243 e. The van der Waals surface area contributed by atoms with Crippen molar-refractivity contribution in [2.75, 3.05) is 27.2 Å². The first-order chi connectivity index (χ1) is 8.35. The molecule has 8 heteroatoms. The molecular weight excluding hydrogens is 256 g/mol. The number of nitrogens with zero attached hydrogens (tertiary/aromatic N) is 3. The lowest BCUT2D eigenvalue weighted by Crippen LogP contribution is -2.39. The largest absolute Gasteiger partial charge is 0.394 e. The van der Waals surface area contributed by atoms with E-state index < -0.39 is 10.0 Å². The molecule has 1 heterocycles. The van der Waals surface area contributed by atoms with Crippen molar-refractivity contribution in [1.82, 2.24) is 19.4 Å². The van der Waals surface area contributed by atoms with Crippen LogP contribution in [-0.4, -0.2) is 61.5 Å². The number of hydrogen-bond acceptors (Lipinski definition) is 5. The zero-order chi connectivity index (χ0) is 13.8. The summed E-state index contributed by atoms with van der Waals surface area (Å²) in [6.45, 7) is 2.62. The van der Waals surface area contributed by atoms with Crippen LogP contribution in [-0.2, 0) is 16.6 Å². The van der Waals surface area contributed by atoms with Gasteiger partial charge in [0.05, 0.1) is 19.3 Å². The molecule has 1 atom stereocenters. The fraction of sp³-hybridized carbons (Fsp3) is 0.700. The molecule has 0 radical (unpaired) electrons. The van der Waals surface area contributed by atoms with Gasteiger partial charge in [0.1, 0.15) is 4.90 Å². The highest BCUT2D eigenvalue weighted by atomic mass is 32.2. The topological polar surface area (TPSA) is 87.5 Å². The number of aliphatic hydroxyl groups is 1. The second kappa shape index (κ2) is 6.28. The summed E-state index contributed by atoms with van der Waals surface area (Å²) in [6, 6.07) is -0.189. The Morgan fingerprint density at radius 1 is 1.56 bits per heavy atom. The van der Waals surface area contributed by atoms with Gasteiger partial charge in [0.15, 0.2) is 0 Å². The Kier molecular flexibility index (Phi) is 5.27. The second-order valence-electron chi connectivity index (χ2n) is 4.45. The number of sulfonamides is 1. The van der Waals surface area contributed by atoms with Gasteiger partial charge >= 0.3 is 0 Å². The summed E-state index contributed by atoms with van der Waals surface area (Å²) in [7, 11) is 0.214. The number of likely N-dealkylation sites (N-methyl/N-ethyl adjacent to an activating group) is 1. The van der Waals surface area contributed by atoms with Crippen molar-refractivity contribution in [3.8, 4) is 0 Å². The first kappa shape index (κ1) is 15.1. The summed E-state index contributed by atoms with van der Waals surface area (Å²) in [5.41, 5.74) is 0. The summed E-state index contributed by atoms with van der Waals surface area (Å²) < 4.78 is 28.0. The molecule has 1 rings (SSSR count). The molecule has 2 N–H and O–H groups in total. The highest BCUT2D eigenvalue weighted by Gasteiger charge is 2.19. The van der Waals surface area contributed by atoms with E-state index >= 15 is 0 Å². The SMILES string of the molecule is CC(CN(C)C)NS(=O)(=O)c1cnn(CCO)c1. The van der Waals surface area contributed by atoms with Gasteiger partial charge in [-0.1, -0.05) is 0 Å². The number of rotatable bonds is 7. The Bertz CT molecular complexity index is 469. The van der Waals surface area contributed by atoms with Gasteiger partial charge in [-0.25, -0.2) is 13.1 Å². The molecule has 1 aromatic heterocycles. The van der Waals surface area contributed by atoms with Crippen molar-refractivity contribution >= 4 is 10.0 Å². The standard InChI is InChI=1S/C10H20N4O3S/c1-9(7-13(2)3)12-18(16,17)10-6-11-14(8-10)4-5-15/h6,8-9,12,15H,4-5,7H2,1-3H3. The quantitative estimate of drug-likeness (QED) is 0.674. The van der Waals surface area contributed by atoms with Crippen molar-refractivity contribution in [3.05, 3.63) is 12.4 Å². The van der Waals surface area contributed by atoms with E-state index in [-0.39, 0.29) is 24.1 Å². The van der Waals surface area contributed by atoms with Crippen LogP contribution in [0.25, 0.3) is 0 Å². The maximum atomic E-state index is 12.0. The van der Waals surface area contributed by atoms with Crippen LogP contribution in [0.3, 0.4) is 0 Å². The van der Waals surface area contributed by atoms with Crippen LogP contribution >= 0.6 is 0 Å². The van der Waals surface area contributed by atoms with Gasteiger partial charge in [0.2, 0.25) is 10.0 Å². The van der Waals surface area contributed by atoms with E-state index in [4.69, 9.17) is 5.11 Å². The van der Waals surface area contributed by atoms with E-state index in [1.54, 1.807) is 6.92 Å². The lowest BCUT2D eigenvalue weighted by molar-refractivity contribution is 0.269. The molecule has 0 fully saturated rings. The Labute approximate surface area is 107 Å². The fourth-order valence-corrected chi connectivity index (χ4v) is 2.81. The van der Waals surface area contributed by atoms with Crippen LogP contribution < -0.4 is 4.72 Å². The zero-order valence-electron chi connectivity index (χ0n) is 10.9. The molecule has 1 aromatic rings. The number of aliphatic hydroxyl groups excluding tert-OH is 1. The minimum absolute atomic E-state index is 0.0777. The third-order valence-corrected chi connectivity index (χ3v) is 3.79. The molecule has 0 aliphatic heterocycles. The fourth-order valence-electron chi connectivity index (χ4n) is 1.63. The molecule has 0 spiro atoms. The van der Waals surface area contributed by atoms with Crippen molar-refractivity contribution in [1.29, 1.82) is 0 Å². The van der Waals surface area contributed by atoms with Crippen molar-refractivity contribution < 1.29 is 13.5 Å². The maximum absolute atomic E-state index is 12.0. The average molecular weight is 276 g/mol. The summed E-state index contributed by atoms with van der Waals surface area (Å²) in [6.07, 6.45) is 2.68. The Balaban J connectivity index is 2.73. The third-order valence-electron chi connectivity index (χ3n) is 2.24. The molecule has 0 saturated heterocycles. The van der Waals surface area contributed by atoms with Gasteiger partial charge in [-0.15, -0.1) is 0 Å². The summed E-state index contributed by atoms with van der Waals surface area (Å²) in [5, 5.41) is 12.6. The summed E-state index contributed by atoms with van der Waals surface area (Å²) >= 11 is 0. The van der Waals surface area contributed by atoms with Crippen LogP contribution in [0.15, 0.2) is 17.3 Å². The molecular formula is C10H20N4O3S. The van der Waals surface area contributed by atoms with E-state index in [1.807, 2.05) is 19.0 Å². The Morgan fingerprint density at radius 3 is 2.78 bits per heavy atom. The van der Waals surface area contributed by atoms with Crippen LogP contribution in [0.2, 0.25) is 0 Å². The average Bonchev–Trinajstić information content (AvgIpc) is 2.65. The van der Waals surface area contributed by atoms with Crippen LogP contribution in [0.5, 0.6) is 0 Å². The molecule has 0 saturated carbocycles. The van der Waals surface area contributed by atoms with E-state index in [0.29, 0.717) is 6.54 Å². The minimum Gasteiger partial charge on any atom is -0.394 e. The highest BCUT2D eigenvalue weighted by Crippen LogP contribution is 2.07. The molecule has 18 heavy (non-hydrogen) atoms. The van der Waals surface area contributed by atoms with Crippen LogP contribution in [0.4, 0.5) is 0 Å². The van der Waals surface area contributed by atoms with Gasteiger partial charge in [-0.05, 0) is 21.0 Å². The maximum Gasteiger partial charge on any atom is 0.243 e. The van der Waals surface area contributed by atoms with Gasteiger partial charge in [0.25, 0.3) is 0 Å². The molecule has 7 nitrogen and oxygen atoms in total. The monoisotopic (exact) mass is 276 g/mol. The Hall–Kier alpha value is -0.960. The van der Waals surface area contributed by atoms with Gasteiger partial charge in [-0.3, -0.25) is 4.68 Å². The highest BCUT2D eigenvalue weighted by molar-refractivity contribution is 7.89. The number of aromatic nitrogens is 2. The molecule has 1 unspecified atom stereocenters. The Morgan fingerprint density at radius 2 is 2.22 bits per heavy atom. The lowest BCUT2D eigenvalue weighted by Gasteiger charge is -2.17. The zero-order valence-corrected chi connectivity index (χ0v) is 11.7. The van der Waals surface area contributed by atoms with E-state index in [9.17, 15) is 8.42 Å². The number of nitrogens with one attached hydrogen (secondary N) is 1. The van der Waals surface area contributed by atoms with Crippen LogP contribution in [0, 0.1) is 0 Å². The van der Waals surface area contributed by atoms with Crippen LogP contribution in [0.1, 0.15) is 6.92 Å². The van der Waals surface area contributed by atoms with E-state index in [0.717, 1.165) is 0 Å². The minimum atomic E-state index is -3.54. The van der Waals surface area contributed by atoms with Gasteiger partial charge in [0, 0.05) is 18.8 Å². The molecule has 0 aliphatic rings. The normalized spacial score (nSPS) is 14.1. The lowest BCUT2D eigenvalue weighted by atomic mass is 10.3. The molecule has 0 aliphatic carbocycles. The first-order valence-electron chi connectivity index (χ1n) is 5.65. The number of hydrogen-bond donors (Lipinski definition) is 2. The van der Waals surface area contributed by atoms with Crippen molar-refractivity contribution in [2.45, 2.75) is 24.4 Å². The van der Waals surface area contributed by atoms with Crippen molar-refractivity contribution in [2.24, 2.45) is 0 Å². The molecule has 104 valence electrons. The molecule has 0 bridgehead atoms. The van der Waals surface area contributed by atoms with Crippen molar-refractivity contribution in [3.63, 3.8) is 0 Å². The predicted octanol–water partition coefficient (Wildman–Crippen LogP) is -0.896. The first-order valence-corrected chi connectivity index (χ1v) is 7.14. The van der Waals surface area contributed by atoms with E-state index in [2.05, 4.69) is 9.82 Å². The second-order valence-corrected chi connectivity index (χ2v) is 6.16.